The molecular formula is C29H32N2O5. The Bertz CT molecular complexity index is 1230. The largest absolute Gasteiger partial charge is 0.493 e. The molecule has 3 aromatic rings. The van der Waals surface area contributed by atoms with Gasteiger partial charge in [0, 0.05) is 11.7 Å². The van der Waals surface area contributed by atoms with E-state index in [2.05, 4.69) is 11.4 Å². The molecule has 7 heteroatoms. The molecule has 0 aliphatic heterocycles. The van der Waals surface area contributed by atoms with E-state index >= 15 is 0 Å². The maximum Gasteiger partial charge on any atom is 0.294 e. The lowest BCUT2D eigenvalue weighted by atomic mass is 10.00. The monoisotopic (exact) mass is 488 g/mol. The second-order valence-electron chi connectivity index (χ2n) is 9.47. The summed E-state index contributed by atoms with van der Waals surface area (Å²) >= 11 is 0. The minimum atomic E-state index is -0.928. The van der Waals surface area contributed by atoms with Crippen molar-refractivity contribution in [3.8, 4) is 11.5 Å². The van der Waals surface area contributed by atoms with E-state index in [1.807, 2.05) is 18.2 Å². The van der Waals surface area contributed by atoms with Gasteiger partial charge in [-0.15, -0.1) is 0 Å². The van der Waals surface area contributed by atoms with Gasteiger partial charge in [-0.2, -0.15) is 0 Å². The molecule has 1 N–H and O–H groups in total. The Hall–Kier alpha value is -3.74. The van der Waals surface area contributed by atoms with Crippen LogP contribution in [0.15, 0.2) is 59.2 Å². The van der Waals surface area contributed by atoms with Crippen molar-refractivity contribution >= 4 is 17.5 Å². The summed E-state index contributed by atoms with van der Waals surface area (Å²) in [5, 5.41) is 3.21. The Labute approximate surface area is 211 Å². The van der Waals surface area contributed by atoms with Gasteiger partial charge in [0.05, 0.1) is 20.5 Å². The summed E-state index contributed by atoms with van der Waals surface area (Å²) in [6, 6.07) is 13.9. The SMILES string of the molecule is COc1ccc(C(C(=O)NC2CCCC2)N(C(=O)c2ccco2)c2ccc3c(c2)CCC3)cc1OC. The van der Waals surface area contributed by atoms with Crippen LogP contribution in [-0.4, -0.2) is 32.1 Å². The molecule has 188 valence electrons. The average molecular weight is 489 g/mol. The molecule has 1 saturated carbocycles. The van der Waals surface area contributed by atoms with Gasteiger partial charge in [0.25, 0.3) is 5.91 Å². The number of amides is 2. The van der Waals surface area contributed by atoms with Gasteiger partial charge >= 0.3 is 0 Å². The fraction of sp³-hybridized carbons (Fsp3) is 0.379. The number of aryl methyl sites for hydroxylation is 2. The zero-order chi connectivity index (χ0) is 25.1. The van der Waals surface area contributed by atoms with Crippen molar-refractivity contribution in [2.45, 2.75) is 57.0 Å². The maximum atomic E-state index is 14.0. The van der Waals surface area contributed by atoms with E-state index in [0.29, 0.717) is 22.7 Å². The number of carbonyl (C=O) groups is 2. The van der Waals surface area contributed by atoms with Crippen molar-refractivity contribution < 1.29 is 23.5 Å². The van der Waals surface area contributed by atoms with E-state index in [-0.39, 0.29) is 23.6 Å². The molecule has 2 aliphatic rings. The van der Waals surface area contributed by atoms with E-state index in [0.717, 1.165) is 44.9 Å². The normalized spacial score (nSPS) is 15.8. The number of ether oxygens (including phenoxy) is 2. The highest BCUT2D eigenvalue weighted by atomic mass is 16.5. The minimum Gasteiger partial charge on any atom is -0.493 e. The molecular weight excluding hydrogens is 456 g/mol. The van der Waals surface area contributed by atoms with Crippen LogP contribution in [0, 0.1) is 0 Å². The zero-order valence-corrected chi connectivity index (χ0v) is 20.8. The van der Waals surface area contributed by atoms with Crippen molar-refractivity contribution in [2.75, 3.05) is 19.1 Å². The summed E-state index contributed by atoms with van der Waals surface area (Å²) in [6.07, 6.45) is 8.61. The Morgan fingerprint density at radius 2 is 1.72 bits per heavy atom. The first-order valence-electron chi connectivity index (χ1n) is 12.6. The van der Waals surface area contributed by atoms with Crippen LogP contribution in [0.5, 0.6) is 11.5 Å². The van der Waals surface area contributed by atoms with Crippen molar-refractivity contribution in [2.24, 2.45) is 0 Å². The van der Waals surface area contributed by atoms with Crippen LogP contribution in [0.1, 0.15) is 65.4 Å². The number of fused-ring (bicyclic) bond motifs is 1. The van der Waals surface area contributed by atoms with Crippen LogP contribution in [0.3, 0.4) is 0 Å². The molecule has 2 aromatic carbocycles. The van der Waals surface area contributed by atoms with Gasteiger partial charge < -0.3 is 19.2 Å². The Morgan fingerprint density at radius 3 is 2.44 bits per heavy atom. The quantitative estimate of drug-likeness (QED) is 0.469. The number of anilines is 1. The number of hydrogen-bond acceptors (Lipinski definition) is 5. The lowest BCUT2D eigenvalue weighted by Crippen LogP contribution is -2.46. The Morgan fingerprint density at radius 1 is 0.944 bits per heavy atom. The first kappa shape index (κ1) is 24.0. The lowest BCUT2D eigenvalue weighted by molar-refractivity contribution is -0.123. The minimum absolute atomic E-state index is 0.0979. The molecule has 2 amide bonds. The van der Waals surface area contributed by atoms with Crippen LogP contribution in [0.4, 0.5) is 5.69 Å². The van der Waals surface area contributed by atoms with E-state index in [4.69, 9.17) is 13.9 Å². The van der Waals surface area contributed by atoms with E-state index in [1.54, 1.807) is 43.4 Å². The predicted octanol–water partition coefficient (Wildman–Crippen LogP) is 5.23. The van der Waals surface area contributed by atoms with Crippen molar-refractivity contribution in [3.05, 3.63) is 77.2 Å². The number of nitrogens with one attached hydrogen (secondary N) is 1. The van der Waals surface area contributed by atoms with Gasteiger partial charge in [-0.3, -0.25) is 14.5 Å². The number of rotatable bonds is 8. The first-order valence-corrected chi connectivity index (χ1v) is 12.6. The van der Waals surface area contributed by atoms with Crippen molar-refractivity contribution in [1.29, 1.82) is 0 Å². The third-order valence-corrected chi connectivity index (χ3v) is 7.24. The van der Waals surface area contributed by atoms with Crippen molar-refractivity contribution in [3.63, 3.8) is 0 Å². The second kappa shape index (κ2) is 10.5. The summed E-state index contributed by atoms with van der Waals surface area (Å²) in [5.74, 6) is 0.620. The summed E-state index contributed by atoms with van der Waals surface area (Å²) < 4.78 is 16.5. The molecule has 0 spiro atoms. The number of carbonyl (C=O) groups excluding carboxylic acids is 2. The van der Waals surface area contributed by atoms with Gasteiger partial charge in [0.15, 0.2) is 17.3 Å². The average Bonchev–Trinajstić information content (AvgIpc) is 3.69. The molecule has 1 heterocycles. The number of methoxy groups -OCH3 is 2. The highest BCUT2D eigenvalue weighted by molar-refractivity contribution is 6.08. The third kappa shape index (κ3) is 4.70. The van der Waals surface area contributed by atoms with E-state index in [1.165, 1.54) is 17.4 Å². The Balaban J connectivity index is 1.63. The number of benzene rings is 2. The highest BCUT2D eigenvalue weighted by Gasteiger charge is 2.36. The van der Waals surface area contributed by atoms with Crippen molar-refractivity contribution in [1.82, 2.24) is 5.32 Å². The summed E-state index contributed by atoms with van der Waals surface area (Å²) in [7, 11) is 3.13. The maximum absolute atomic E-state index is 14.0. The van der Waals surface area contributed by atoms with Gasteiger partial charge in [-0.1, -0.05) is 25.0 Å². The number of nitrogens with zero attached hydrogens (tertiary/aromatic N) is 1. The van der Waals surface area contributed by atoms with Crippen LogP contribution in [0.2, 0.25) is 0 Å². The fourth-order valence-electron chi connectivity index (χ4n) is 5.40. The Kier molecular flexibility index (Phi) is 6.98. The lowest BCUT2D eigenvalue weighted by Gasteiger charge is -2.32. The van der Waals surface area contributed by atoms with Crippen LogP contribution in [0.25, 0.3) is 0 Å². The number of hydrogen-bond donors (Lipinski definition) is 1. The molecule has 0 bridgehead atoms. The molecule has 1 unspecified atom stereocenters. The van der Waals surface area contributed by atoms with Gasteiger partial charge in [0.2, 0.25) is 5.91 Å². The zero-order valence-electron chi connectivity index (χ0n) is 20.8. The summed E-state index contributed by atoms with van der Waals surface area (Å²) in [4.78, 5) is 29.5. The molecule has 1 aromatic heterocycles. The van der Waals surface area contributed by atoms with Gasteiger partial charge in [-0.05, 0) is 85.2 Å². The molecule has 36 heavy (non-hydrogen) atoms. The van der Waals surface area contributed by atoms with Gasteiger partial charge in [0.1, 0.15) is 6.04 Å². The predicted molar refractivity (Wildman–Crippen MR) is 137 cm³/mol. The smallest absolute Gasteiger partial charge is 0.294 e. The van der Waals surface area contributed by atoms with E-state index < -0.39 is 6.04 Å². The van der Waals surface area contributed by atoms with Crippen LogP contribution in [-0.2, 0) is 17.6 Å². The molecule has 7 nitrogen and oxygen atoms in total. The molecule has 2 aliphatic carbocycles. The molecule has 1 fully saturated rings. The highest BCUT2D eigenvalue weighted by Crippen LogP contribution is 2.37. The standard InChI is InChI=1S/C29H32N2O5/c1-34-24-15-13-21(18-26(24)35-2)27(28(32)30-22-9-3-4-10-22)31(29(33)25-11-6-16-36-25)23-14-12-19-7-5-8-20(19)17-23/h6,11-18,22,27H,3-5,7-10H2,1-2H3,(H,30,32). The molecule has 0 radical (unpaired) electrons. The first-order chi connectivity index (χ1) is 17.6. The molecule has 1 atom stereocenters. The van der Waals surface area contributed by atoms with E-state index in [9.17, 15) is 9.59 Å². The molecule has 5 rings (SSSR count). The fourth-order valence-corrected chi connectivity index (χ4v) is 5.40. The summed E-state index contributed by atoms with van der Waals surface area (Å²) in [6.45, 7) is 0. The topological polar surface area (TPSA) is 81.0 Å². The molecule has 0 saturated heterocycles. The second-order valence-corrected chi connectivity index (χ2v) is 9.47. The summed E-state index contributed by atoms with van der Waals surface area (Å²) in [5.41, 5.74) is 3.80. The third-order valence-electron chi connectivity index (χ3n) is 7.24. The van der Waals surface area contributed by atoms with Gasteiger partial charge in [-0.25, -0.2) is 0 Å². The number of furan rings is 1. The van der Waals surface area contributed by atoms with Crippen LogP contribution < -0.4 is 19.7 Å². The van der Waals surface area contributed by atoms with Crippen LogP contribution >= 0.6 is 0 Å².